The molecule has 0 saturated carbocycles. The van der Waals surface area contributed by atoms with Crippen molar-refractivity contribution < 1.29 is 17.6 Å². The minimum atomic E-state index is -3.79. The molecule has 1 aromatic heterocycles. The zero-order chi connectivity index (χ0) is 22.9. The Morgan fingerprint density at radius 1 is 1.00 bits per heavy atom. The maximum absolute atomic E-state index is 12.9. The van der Waals surface area contributed by atoms with E-state index in [1.54, 1.807) is 31.2 Å². The summed E-state index contributed by atoms with van der Waals surface area (Å²) < 4.78 is 31.2. The molecule has 0 radical (unpaired) electrons. The third-order valence-corrected chi connectivity index (χ3v) is 6.78. The van der Waals surface area contributed by atoms with Crippen LogP contribution in [0.3, 0.4) is 0 Å². The van der Waals surface area contributed by atoms with Crippen molar-refractivity contribution in [2.45, 2.75) is 44.9 Å². The molecule has 32 heavy (non-hydrogen) atoms. The number of carbonyl (C=O) groups is 1. The van der Waals surface area contributed by atoms with Crippen molar-refractivity contribution >= 4 is 27.3 Å². The first-order valence-electron chi connectivity index (χ1n) is 10.4. The molecule has 1 amide bonds. The quantitative estimate of drug-likeness (QED) is 0.559. The van der Waals surface area contributed by atoms with Gasteiger partial charge in [0.2, 0.25) is 0 Å². The van der Waals surface area contributed by atoms with Gasteiger partial charge in [0.15, 0.2) is 5.76 Å². The molecular formula is C24H25N3O4S. The van der Waals surface area contributed by atoms with Crippen LogP contribution in [0.5, 0.6) is 0 Å². The topological polar surface area (TPSA) is 101 Å². The highest BCUT2D eigenvalue weighted by atomic mass is 32.2. The van der Waals surface area contributed by atoms with Crippen LogP contribution in [0, 0.1) is 20.8 Å². The highest BCUT2D eigenvalue weighted by Gasteiger charge is 2.28. The second-order valence-electron chi connectivity index (χ2n) is 7.94. The van der Waals surface area contributed by atoms with Gasteiger partial charge in [-0.3, -0.25) is 4.79 Å². The Hall–Kier alpha value is -3.39. The van der Waals surface area contributed by atoms with E-state index in [9.17, 15) is 13.2 Å². The zero-order valence-corrected chi connectivity index (χ0v) is 19.0. The van der Waals surface area contributed by atoms with Gasteiger partial charge in [0.1, 0.15) is 5.76 Å². The van der Waals surface area contributed by atoms with E-state index in [1.165, 1.54) is 0 Å². The van der Waals surface area contributed by atoms with Crippen molar-refractivity contribution in [1.29, 1.82) is 0 Å². The molecule has 2 aromatic carbocycles. The number of sulfonamides is 1. The summed E-state index contributed by atoms with van der Waals surface area (Å²) >= 11 is 0. The smallest absolute Gasteiger partial charge is 0.291 e. The lowest BCUT2D eigenvalue weighted by Gasteiger charge is -2.14. The average molecular weight is 452 g/mol. The molecular weight excluding hydrogens is 426 g/mol. The SMILES string of the molecule is Cc1ccc(S(=O)(=O)N/N=C2\CCCc3oc(C(=O)Nc4ccccc4C)c(C)c32)cc1. The van der Waals surface area contributed by atoms with Crippen LogP contribution in [0.1, 0.15) is 51.4 Å². The fourth-order valence-electron chi connectivity index (χ4n) is 3.77. The molecule has 4 rings (SSSR count). The van der Waals surface area contributed by atoms with Gasteiger partial charge in [-0.25, -0.2) is 0 Å². The van der Waals surface area contributed by atoms with E-state index in [1.807, 2.05) is 38.1 Å². The largest absolute Gasteiger partial charge is 0.455 e. The number of nitrogens with zero attached hydrogens (tertiary/aromatic N) is 1. The molecule has 0 spiro atoms. The molecule has 8 heteroatoms. The number of hydrogen-bond donors (Lipinski definition) is 2. The number of benzene rings is 2. The number of aryl methyl sites for hydroxylation is 3. The summed E-state index contributed by atoms with van der Waals surface area (Å²) in [5.74, 6) is 0.525. The normalized spacial score (nSPS) is 14.8. The van der Waals surface area contributed by atoms with Crippen LogP contribution in [0.25, 0.3) is 0 Å². The number of carbonyl (C=O) groups excluding carboxylic acids is 1. The van der Waals surface area contributed by atoms with Crippen LogP contribution in [-0.2, 0) is 16.4 Å². The highest BCUT2D eigenvalue weighted by molar-refractivity contribution is 7.89. The first-order valence-corrected chi connectivity index (χ1v) is 11.9. The number of anilines is 1. The minimum Gasteiger partial charge on any atom is -0.455 e. The number of fused-ring (bicyclic) bond motifs is 1. The molecule has 1 heterocycles. The molecule has 1 aliphatic carbocycles. The summed E-state index contributed by atoms with van der Waals surface area (Å²) in [6, 6.07) is 14.1. The number of nitrogens with one attached hydrogen (secondary N) is 2. The van der Waals surface area contributed by atoms with Gasteiger partial charge in [-0.05, 0) is 57.4 Å². The average Bonchev–Trinajstić information content (AvgIpc) is 3.11. The molecule has 0 aliphatic heterocycles. The van der Waals surface area contributed by atoms with Gasteiger partial charge in [0.25, 0.3) is 15.9 Å². The Balaban J connectivity index is 1.61. The summed E-state index contributed by atoms with van der Waals surface area (Å²) in [4.78, 5) is 15.4. The van der Waals surface area contributed by atoms with Crippen LogP contribution in [0.4, 0.5) is 5.69 Å². The van der Waals surface area contributed by atoms with Gasteiger partial charge in [-0.15, -0.1) is 0 Å². The van der Waals surface area contributed by atoms with Crippen molar-refractivity contribution in [3.63, 3.8) is 0 Å². The monoisotopic (exact) mass is 451 g/mol. The van der Waals surface area contributed by atoms with Gasteiger partial charge < -0.3 is 9.73 Å². The predicted molar refractivity (Wildman–Crippen MR) is 124 cm³/mol. The lowest BCUT2D eigenvalue weighted by atomic mass is 9.93. The molecule has 0 bridgehead atoms. The van der Waals surface area contributed by atoms with Gasteiger partial charge >= 0.3 is 0 Å². The van der Waals surface area contributed by atoms with Gasteiger partial charge in [-0.2, -0.15) is 18.4 Å². The van der Waals surface area contributed by atoms with Crippen LogP contribution in [0.15, 0.2) is 62.9 Å². The van der Waals surface area contributed by atoms with Crippen molar-refractivity contribution in [2.75, 3.05) is 5.32 Å². The summed E-state index contributed by atoms with van der Waals surface area (Å²) in [5, 5.41) is 7.10. The number of amides is 1. The van der Waals surface area contributed by atoms with Crippen molar-refractivity contribution in [2.24, 2.45) is 5.10 Å². The third-order valence-electron chi connectivity index (χ3n) is 5.56. The minimum absolute atomic E-state index is 0.144. The molecule has 0 atom stereocenters. The van der Waals surface area contributed by atoms with E-state index in [2.05, 4.69) is 15.2 Å². The second kappa shape index (κ2) is 8.63. The molecule has 0 saturated heterocycles. The molecule has 2 N–H and O–H groups in total. The predicted octanol–water partition coefficient (Wildman–Crippen LogP) is 4.48. The number of hydrogen-bond acceptors (Lipinski definition) is 5. The molecule has 3 aromatic rings. The van der Waals surface area contributed by atoms with E-state index in [0.717, 1.165) is 17.5 Å². The summed E-state index contributed by atoms with van der Waals surface area (Å²) in [7, 11) is -3.79. The standard InChI is InChI=1S/C24H25N3O4S/c1-15-11-13-18(14-12-15)32(29,30)27-26-20-9-6-10-21-22(20)17(3)23(31-21)24(28)25-19-8-5-4-7-16(19)2/h4-5,7-8,11-14,27H,6,9-10H2,1-3H3,(H,25,28)/b26-20+. The number of hydrazone groups is 1. The Kier molecular flexibility index (Phi) is 5.88. The fourth-order valence-corrected chi connectivity index (χ4v) is 4.60. The number of rotatable bonds is 5. The lowest BCUT2D eigenvalue weighted by molar-refractivity contribution is 0.0994. The highest BCUT2D eigenvalue weighted by Crippen LogP contribution is 2.30. The first kappa shape index (κ1) is 21.8. The van der Waals surface area contributed by atoms with Crippen LogP contribution in [0.2, 0.25) is 0 Å². The molecule has 0 unspecified atom stereocenters. The Morgan fingerprint density at radius 2 is 1.72 bits per heavy atom. The molecule has 7 nitrogen and oxygen atoms in total. The maximum Gasteiger partial charge on any atom is 0.291 e. The Bertz CT molecular complexity index is 1310. The number of para-hydroxylation sites is 1. The van der Waals surface area contributed by atoms with Crippen molar-refractivity contribution in [3.05, 3.63) is 82.3 Å². The fraction of sp³-hybridized carbons (Fsp3) is 0.250. The van der Waals surface area contributed by atoms with Gasteiger partial charge in [0.05, 0.1) is 10.6 Å². The number of furan rings is 1. The van der Waals surface area contributed by atoms with Crippen LogP contribution in [-0.4, -0.2) is 20.0 Å². The Morgan fingerprint density at radius 3 is 2.44 bits per heavy atom. The van der Waals surface area contributed by atoms with Crippen LogP contribution >= 0.6 is 0 Å². The van der Waals surface area contributed by atoms with Crippen LogP contribution < -0.4 is 10.1 Å². The lowest BCUT2D eigenvalue weighted by Crippen LogP contribution is -2.22. The molecule has 166 valence electrons. The van der Waals surface area contributed by atoms with E-state index < -0.39 is 10.0 Å². The van der Waals surface area contributed by atoms with Gasteiger partial charge in [0, 0.05) is 23.2 Å². The molecule has 1 aliphatic rings. The third kappa shape index (κ3) is 4.31. The van der Waals surface area contributed by atoms with E-state index in [0.29, 0.717) is 41.1 Å². The summed E-state index contributed by atoms with van der Waals surface area (Å²) in [5.41, 5.74) is 4.56. The summed E-state index contributed by atoms with van der Waals surface area (Å²) in [6.45, 7) is 5.60. The maximum atomic E-state index is 12.9. The van der Waals surface area contributed by atoms with E-state index in [4.69, 9.17) is 4.42 Å². The van der Waals surface area contributed by atoms with Crippen molar-refractivity contribution in [3.8, 4) is 0 Å². The van der Waals surface area contributed by atoms with Gasteiger partial charge in [-0.1, -0.05) is 35.9 Å². The second-order valence-corrected chi connectivity index (χ2v) is 9.60. The zero-order valence-electron chi connectivity index (χ0n) is 18.2. The van der Waals surface area contributed by atoms with Crippen molar-refractivity contribution in [1.82, 2.24) is 4.83 Å². The van der Waals surface area contributed by atoms with E-state index in [-0.39, 0.29) is 16.6 Å². The first-order chi connectivity index (χ1) is 15.3. The molecule has 0 fully saturated rings. The summed E-state index contributed by atoms with van der Waals surface area (Å²) in [6.07, 6.45) is 2.00. The Labute approximate surface area is 187 Å². The van der Waals surface area contributed by atoms with E-state index >= 15 is 0 Å².